The van der Waals surface area contributed by atoms with Crippen molar-refractivity contribution in [2.45, 2.75) is 58.0 Å². The minimum absolute atomic E-state index is 0.487. The molecule has 1 aromatic carbocycles. The molecule has 1 aromatic heterocycles. The molecule has 2 aromatic rings. The molecule has 0 aliphatic carbocycles. The average molecular weight is 459 g/mol. The van der Waals surface area contributed by atoms with Gasteiger partial charge in [-0.15, -0.1) is 0 Å². The molecule has 4 rings (SSSR count). The zero-order chi connectivity index (χ0) is 21.6. The van der Waals surface area contributed by atoms with E-state index in [1.54, 1.807) is 0 Å². The molecule has 0 saturated carbocycles. The number of hydrogen-bond donors (Lipinski definition) is 2. The quantitative estimate of drug-likeness (QED) is 0.612. The highest BCUT2D eigenvalue weighted by Gasteiger charge is 2.23. The van der Waals surface area contributed by atoms with Crippen molar-refractivity contribution in [2.24, 2.45) is 0 Å². The van der Waals surface area contributed by atoms with Gasteiger partial charge in [0, 0.05) is 43.3 Å². The van der Waals surface area contributed by atoms with Crippen LogP contribution in [-0.4, -0.2) is 40.8 Å². The fourth-order valence-electron chi connectivity index (χ4n) is 4.28. The smallest absolute Gasteiger partial charge is 0.232 e. The molecule has 166 valence electrons. The molecule has 2 saturated heterocycles. The van der Waals surface area contributed by atoms with Crippen LogP contribution in [-0.2, 0) is 6.54 Å². The summed E-state index contributed by atoms with van der Waals surface area (Å²) in [6, 6.07) is 10.4. The van der Waals surface area contributed by atoms with E-state index in [0.29, 0.717) is 23.6 Å². The second-order valence-electron chi connectivity index (χ2n) is 8.43. The predicted molar refractivity (Wildman–Crippen MR) is 133 cm³/mol. The Morgan fingerprint density at radius 1 is 1.03 bits per heavy atom. The van der Waals surface area contributed by atoms with Crippen LogP contribution in [0.15, 0.2) is 30.3 Å². The zero-order valence-electron chi connectivity index (χ0n) is 18.1. The van der Waals surface area contributed by atoms with Gasteiger partial charge in [-0.1, -0.05) is 23.7 Å². The third kappa shape index (κ3) is 5.98. The first-order valence-electron chi connectivity index (χ1n) is 11.3. The van der Waals surface area contributed by atoms with Crippen LogP contribution in [0.3, 0.4) is 0 Å². The van der Waals surface area contributed by atoms with Crippen molar-refractivity contribution >= 4 is 46.5 Å². The molecular weight excluding hydrogens is 428 g/mol. The van der Waals surface area contributed by atoms with Crippen molar-refractivity contribution in [1.29, 1.82) is 0 Å². The number of rotatable bonds is 5. The third-order valence-corrected chi connectivity index (χ3v) is 6.57. The molecular formula is C23H31ClN6S. The SMILES string of the molecule is C[C@@H]1CCCCN1c1cc(N2CCCCC2)nc(NC(=S)NCc2ccc(Cl)cc2)n1. The molecule has 0 bridgehead atoms. The summed E-state index contributed by atoms with van der Waals surface area (Å²) in [5.41, 5.74) is 1.11. The van der Waals surface area contributed by atoms with E-state index in [-0.39, 0.29) is 0 Å². The standard InChI is InChI=1S/C23H31ClN6S/c1-17-7-3-6-14-30(17)21-15-20(29-12-4-2-5-13-29)26-22(27-21)28-23(31)25-16-18-8-10-19(24)11-9-18/h8-11,15,17H,2-7,12-14,16H2,1H3,(H2,25,26,27,28,31)/t17-/m1/s1. The maximum Gasteiger partial charge on any atom is 0.232 e. The first-order valence-corrected chi connectivity index (χ1v) is 12.1. The van der Waals surface area contributed by atoms with Crippen LogP contribution >= 0.6 is 23.8 Å². The monoisotopic (exact) mass is 458 g/mol. The van der Waals surface area contributed by atoms with Gasteiger partial charge in [0.2, 0.25) is 5.95 Å². The minimum atomic E-state index is 0.487. The summed E-state index contributed by atoms with van der Waals surface area (Å²) >= 11 is 11.5. The fourth-order valence-corrected chi connectivity index (χ4v) is 4.57. The number of anilines is 3. The lowest BCUT2D eigenvalue weighted by molar-refractivity contribution is 0.481. The molecule has 0 unspecified atom stereocenters. The number of aromatic nitrogens is 2. The second kappa shape index (κ2) is 10.5. The summed E-state index contributed by atoms with van der Waals surface area (Å²) in [6.07, 6.45) is 7.41. The van der Waals surface area contributed by atoms with Gasteiger partial charge in [-0.25, -0.2) is 0 Å². The Balaban J connectivity index is 1.49. The van der Waals surface area contributed by atoms with Gasteiger partial charge in [-0.2, -0.15) is 9.97 Å². The summed E-state index contributed by atoms with van der Waals surface area (Å²) in [6.45, 7) is 6.03. The topological polar surface area (TPSA) is 56.3 Å². The fraction of sp³-hybridized carbons (Fsp3) is 0.522. The summed E-state index contributed by atoms with van der Waals surface area (Å²) in [7, 11) is 0. The Hall–Kier alpha value is -2.12. The van der Waals surface area contributed by atoms with Gasteiger partial charge in [0.25, 0.3) is 0 Å². The van der Waals surface area contributed by atoms with Crippen molar-refractivity contribution in [3.05, 3.63) is 40.9 Å². The lowest BCUT2D eigenvalue weighted by Crippen LogP contribution is -2.39. The van der Waals surface area contributed by atoms with E-state index < -0.39 is 0 Å². The van der Waals surface area contributed by atoms with Gasteiger partial charge in [0.1, 0.15) is 11.6 Å². The maximum absolute atomic E-state index is 5.97. The summed E-state index contributed by atoms with van der Waals surface area (Å²) < 4.78 is 0. The van der Waals surface area contributed by atoms with Gasteiger partial charge >= 0.3 is 0 Å². The maximum atomic E-state index is 5.97. The van der Waals surface area contributed by atoms with Crippen molar-refractivity contribution in [2.75, 3.05) is 34.8 Å². The van der Waals surface area contributed by atoms with Crippen molar-refractivity contribution in [3.8, 4) is 0 Å². The van der Waals surface area contributed by atoms with Crippen molar-refractivity contribution < 1.29 is 0 Å². The highest BCUT2D eigenvalue weighted by Crippen LogP contribution is 2.28. The Bertz CT molecular complexity index is 884. The van der Waals surface area contributed by atoms with Crippen LogP contribution in [0.4, 0.5) is 17.6 Å². The molecule has 31 heavy (non-hydrogen) atoms. The molecule has 8 heteroatoms. The lowest BCUT2D eigenvalue weighted by atomic mass is 10.0. The number of piperidine rings is 2. The highest BCUT2D eigenvalue weighted by atomic mass is 35.5. The predicted octanol–water partition coefficient (Wildman–Crippen LogP) is 4.99. The number of hydrogen-bond acceptors (Lipinski definition) is 5. The highest BCUT2D eigenvalue weighted by molar-refractivity contribution is 7.80. The number of halogens is 1. The summed E-state index contributed by atoms with van der Waals surface area (Å²) in [5, 5.41) is 7.71. The summed E-state index contributed by atoms with van der Waals surface area (Å²) in [5.74, 6) is 2.54. The van der Waals surface area contributed by atoms with Crippen LogP contribution in [0.1, 0.15) is 51.0 Å². The molecule has 3 heterocycles. The van der Waals surface area contributed by atoms with Gasteiger partial charge in [0.15, 0.2) is 5.11 Å². The van der Waals surface area contributed by atoms with E-state index in [2.05, 4.69) is 33.4 Å². The van der Waals surface area contributed by atoms with Crippen LogP contribution in [0.2, 0.25) is 5.02 Å². The van der Waals surface area contributed by atoms with E-state index in [1.165, 1.54) is 38.5 Å². The molecule has 2 aliphatic heterocycles. The molecule has 2 N–H and O–H groups in total. The second-order valence-corrected chi connectivity index (χ2v) is 9.27. The van der Waals surface area contributed by atoms with Crippen LogP contribution < -0.4 is 20.4 Å². The van der Waals surface area contributed by atoms with E-state index >= 15 is 0 Å². The van der Waals surface area contributed by atoms with Gasteiger partial charge in [-0.3, -0.25) is 0 Å². The first kappa shape index (κ1) is 22.1. The number of benzene rings is 1. The van der Waals surface area contributed by atoms with Crippen LogP contribution in [0.5, 0.6) is 0 Å². The first-order chi connectivity index (χ1) is 15.1. The Morgan fingerprint density at radius 3 is 2.48 bits per heavy atom. The third-order valence-electron chi connectivity index (χ3n) is 6.07. The van der Waals surface area contributed by atoms with Crippen molar-refractivity contribution in [3.63, 3.8) is 0 Å². The van der Waals surface area contributed by atoms with E-state index in [4.69, 9.17) is 33.8 Å². The zero-order valence-corrected chi connectivity index (χ0v) is 19.7. The number of nitrogens with zero attached hydrogens (tertiary/aromatic N) is 4. The van der Waals surface area contributed by atoms with E-state index in [0.717, 1.165) is 41.9 Å². The van der Waals surface area contributed by atoms with Crippen LogP contribution in [0, 0.1) is 0 Å². The number of nitrogens with one attached hydrogen (secondary N) is 2. The normalized spacial score (nSPS) is 19.2. The van der Waals surface area contributed by atoms with Gasteiger partial charge in [0.05, 0.1) is 0 Å². The van der Waals surface area contributed by atoms with E-state index in [1.807, 2.05) is 24.3 Å². The molecule has 0 radical (unpaired) electrons. The molecule has 6 nitrogen and oxygen atoms in total. The van der Waals surface area contributed by atoms with Crippen molar-refractivity contribution in [1.82, 2.24) is 15.3 Å². The van der Waals surface area contributed by atoms with E-state index in [9.17, 15) is 0 Å². The summed E-state index contributed by atoms with van der Waals surface area (Å²) in [4.78, 5) is 14.4. The lowest BCUT2D eigenvalue weighted by Gasteiger charge is -2.35. The molecule has 2 aliphatic rings. The molecule has 1 atom stereocenters. The molecule has 0 spiro atoms. The number of thiocarbonyl (C=S) groups is 1. The Morgan fingerprint density at radius 2 is 1.74 bits per heavy atom. The average Bonchev–Trinajstić information content (AvgIpc) is 2.79. The molecule has 2 fully saturated rings. The van der Waals surface area contributed by atoms with Crippen LogP contribution in [0.25, 0.3) is 0 Å². The van der Waals surface area contributed by atoms with Gasteiger partial charge < -0.3 is 20.4 Å². The Kier molecular flexibility index (Phi) is 7.45. The molecule has 0 amide bonds. The largest absolute Gasteiger partial charge is 0.358 e. The minimum Gasteiger partial charge on any atom is -0.358 e. The Labute approximate surface area is 195 Å². The van der Waals surface area contributed by atoms with Gasteiger partial charge in [-0.05, 0) is 75.4 Å².